The molecule has 1 aliphatic heterocycles. The molecule has 1 aromatic carbocycles. The summed E-state index contributed by atoms with van der Waals surface area (Å²) in [6, 6.07) is 7.02. The number of hydrogen-bond acceptors (Lipinski definition) is 6. The highest BCUT2D eigenvalue weighted by Crippen LogP contribution is 2.28. The minimum atomic E-state index is -0.444. The molecule has 0 fully saturated rings. The number of rotatable bonds is 6. The number of carbonyl (C=O) groups is 3. The zero-order valence-corrected chi connectivity index (χ0v) is 18.1. The Morgan fingerprint density at radius 2 is 1.94 bits per heavy atom. The van der Waals surface area contributed by atoms with Crippen molar-refractivity contribution in [2.75, 3.05) is 18.6 Å². The lowest BCUT2D eigenvalue weighted by Gasteiger charge is -2.11. The lowest BCUT2D eigenvalue weighted by atomic mass is 10.1. The number of Topliss-reactive ketones (excluding diaryl/α,β-unsaturated/α-hetero) is 1. The highest BCUT2D eigenvalue weighted by molar-refractivity contribution is 6.03. The van der Waals surface area contributed by atoms with Crippen LogP contribution in [0.4, 0.5) is 5.69 Å². The Morgan fingerprint density at radius 1 is 1.16 bits per heavy atom. The van der Waals surface area contributed by atoms with E-state index in [4.69, 9.17) is 4.74 Å². The van der Waals surface area contributed by atoms with Crippen molar-refractivity contribution in [1.82, 2.24) is 14.6 Å². The Kier molecular flexibility index (Phi) is 5.31. The van der Waals surface area contributed by atoms with Crippen molar-refractivity contribution in [2.45, 2.75) is 40.0 Å². The minimum Gasteiger partial charge on any atom is -0.457 e. The van der Waals surface area contributed by atoms with E-state index in [9.17, 15) is 14.4 Å². The third-order valence-electron chi connectivity index (χ3n) is 5.71. The van der Waals surface area contributed by atoms with E-state index in [1.807, 2.05) is 26.8 Å². The summed E-state index contributed by atoms with van der Waals surface area (Å²) in [6.07, 6.45) is 0.880. The summed E-state index contributed by atoms with van der Waals surface area (Å²) in [4.78, 5) is 42.6. The van der Waals surface area contributed by atoms with E-state index in [1.165, 1.54) is 0 Å². The molecule has 0 radical (unpaired) electrons. The van der Waals surface area contributed by atoms with Crippen LogP contribution in [0.25, 0.3) is 5.65 Å². The van der Waals surface area contributed by atoms with E-state index in [1.54, 1.807) is 34.7 Å². The number of aromatic nitrogens is 3. The molecule has 1 amide bonds. The second-order valence-corrected chi connectivity index (χ2v) is 7.87. The predicted octanol–water partition coefficient (Wildman–Crippen LogP) is 2.53. The van der Waals surface area contributed by atoms with Gasteiger partial charge in [0.1, 0.15) is 0 Å². The molecule has 1 aliphatic rings. The molecule has 0 spiro atoms. The van der Waals surface area contributed by atoms with Crippen LogP contribution in [0.3, 0.4) is 0 Å². The summed E-state index contributed by atoms with van der Waals surface area (Å²) in [5, 5.41) is 4.44. The van der Waals surface area contributed by atoms with Gasteiger partial charge in [-0.25, -0.2) is 9.50 Å². The van der Waals surface area contributed by atoms with Crippen LogP contribution >= 0.6 is 0 Å². The number of hydrogen-bond donors (Lipinski definition) is 0. The lowest BCUT2D eigenvalue weighted by Crippen LogP contribution is -2.20. The molecule has 0 aliphatic carbocycles. The van der Waals surface area contributed by atoms with Gasteiger partial charge in [-0.05, 0) is 56.5 Å². The molecule has 2 aromatic heterocycles. The maximum Gasteiger partial charge on any atom is 0.306 e. The van der Waals surface area contributed by atoms with Gasteiger partial charge < -0.3 is 9.64 Å². The van der Waals surface area contributed by atoms with E-state index in [2.05, 4.69) is 10.1 Å². The van der Waals surface area contributed by atoms with Crippen LogP contribution in [-0.4, -0.2) is 45.9 Å². The molecule has 4 rings (SSSR count). The monoisotopic (exact) mass is 420 g/mol. The van der Waals surface area contributed by atoms with E-state index >= 15 is 0 Å². The van der Waals surface area contributed by atoms with Crippen LogP contribution in [0.2, 0.25) is 0 Å². The number of ketones is 1. The first-order valence-electron chi connectivity index (χ1n) is 10.2. The van der Waals surface area contributed by atoms with Crippen molar-refractivity contribution in [1.29, 1.82) is 0 Å². The smallest absolute Gasteiger partial charge is 0.306 e. The molecule has 8 heteroatoms. The first-order chi connectivity index (χ1) is 14.7. The standard InChI is InChI=1S/C23H24N4O4/c1-13-9-21-24-14(2)18(15(3)27(21)25-13)6-8-23(30)31-12-20(28)16-5-7-19-17(10-16)11-22(29)26(19)4/h5,7,9-10H,6,8,11-12H2,1-4H3. The van der Waals surface area contributed by atoms with Crippen molar-refractivity contribution < 1.29 is 19.1 Å². The fourth-order valence-corrected chi connectivity index (χ4v) is 3.98. The van der Waals surface area contributed by atoms with Crippen molar-refractivity contribution >= 4 is 29.0 Å². The van der Waals surface area contributed by atoms with Crippen LogP contribution in [-0.2, 0) is 27.2 Å². The summed E-state index contributed by atoms with van der Waals surface area (Å²) in [7, 11) is 1.71. The van der Waals surface area contributed by atoms with Gasteiger partial charge in [0.15, 0.2) is 18.0 Å². The van der Waals surface area contributed by atoms with Gasteiger partial charge in [-0.1, -0.05) is 0 Å². The Labute approximate surface area is 179 Å². The summed E-state index contributed by atoms with van der Waals surface area (Å²) in [5.41, 5.74) is 6.47. The average Bonchev–Trinajstić information content (AvgIpc) is 3.24. The van der Waals surface area contributed by atoms with Crippen LogP contribution < -0.4 is 4.90 Å². The van der Waals surface area contributed by atoms with Crippen LogP contribution in [0.1, 0.15) is 45.0 Å². The second kappa shape index (κ2) is 7.94. The zero-order chi connectivity index (χ0) is 22.3. The van der Waals surface area contributed by atoms with E-state index in [0.29, 0.717) is 12.0 Å². The van der Waals surface area contributed by atoms with Crippen molar-refractivity contribution in [2.24, 2.45) is 0 Å². The van der Waals surface area contributed by atoms with Crippen LogP contribution in [0.5, 0.6) is 0 Å². The number of aryl methyl sites for hydroxylation is 3. The number of amides is 1. The van der Waals surface area contributed by atoms with Gasteiger partial charge in [-0.2, -0.15) is 5.10 Å². The molecule has 3 heterocycles. The SMILES string of the molecule is Cc1cc2nc(C)c(CCC(=O)OCC(=O)c3ccc4c(c3)CC(=O)N4C)c(C)n2n1. The normalized spacial score (nSPS) is 13.0. The molecule has 160 valence electrons. The van der Waals surface area contributed by atoms with Gasteiger partial charge in [-0.3, -0.25) is 14.4 Å². The van der Waals surface area contributed by atoms with Gasteiger partial charge >= 0.3 is 5.97 Å². The molecular formula is C23H24N4O4. The van der Waals surface area contributed by atoms with Gasteiger partial charge in [0.25, 0.3) is 0 Å². The van der Waals surface area contributed by atoms with Gasteiger partial charge in [0.2, 0.25) is 5.91 Å². The molecular weight excluding hydrogens is 396 g/mol. The average molecular weight is 420 g/mol. The largest absolute Gasteiger partial charge is 0.457 e. The van der Waals surface area contributed by atoms with Gasteiger partial charge in [-0.15, -0.1) is 0 Å². The van der Waals surface area contributed by atoms with E-state index in [0.717, 1.165) is 39.5 Å². The van der Waals surface area contributed by atoms with E-state index in [-0.39, 0.29) is 31.1 Å². The Balaban J connectivity index is 1.36. The first-order valence-corrected chi connectivity index (χ1v) is 10.2. The number of anilines is 1. The predicted molar refractivity (Wildman–Crippen MR) is 114 cm³/mol. The first kappa shape index (κ1) is 20.7. The van der Waals surface area contributed by atoms with Gasteiger partial charge in [0, 0.05) is 42.2 Å². The summed E-state index contributed by atoms with van der Waals surface area (Å²) >= 11 is 0. The molecule has 0 unspecified atom stereocenters. The third kappa shape index (κ3) is 3.93. The molecule has 8 nitrogen and oxygen atoms in total. The van der Waals surface area contributed by atoms with Crippen molar-refractivity contribution in [3.05, 3.63) is 58.0 Å². The molecule has 0 saturated carbocycles. The molecule has 0 N–H and O–H groups in total. The summed E-state index contributed by atoms with van der Waals surface area (Å²) in [6.45, 7) is 5.45. The number of nitrogens with zero attached hydrogens (tertiary/aromatic N) is 4. The highest BCUT2D eigenvalue weighted by Gasteiger charge is 2.25. The molecule has 0 bridgehead atoms. The zero-order valence-electron chi connectivity index (χ0n) is 18.1. The van der Waals surface area contributed by atoms with Crippen LogP contribution in [0, 0.1) is 20.8 Å². The topological polar surface area (TPSA) is 93.9 Å². The molecule has 3 aromatic rings. The lowest BCUT2D eigenvalue weighted by molar-refractivity contribution is -0.142. The maximum atomic E-state index is 12.4. The van der Waals surface area contributed by atoms with E-state index < -0.39 is 5.97 Å². The number of carbonyl (C=O) groups excluding carboxylic acids is 3. The van der Waals surface area contributed by atoms with Gasteiger partial charge in [0.05, 0.1) is 12.1 Å². The number of benzene rings is 1. The number of esters is 1. The Hall–Kier alpha value is -3.55. The molecule has 0 saturated heterocycles. The van der Waals surface area contributed by atoms with Crippen molar-refractivity contribution in [3.63, 3.8) is 0 Å². The maximum absolute atomic E-state index is 12.4. The molecule has 31 heavy (non-hydrogen) atoms. The Morgan fingerprint density at radius 3 is 2.71 bits per heavy atom. The third-order valence-corrected chi connectivity index (χ3v) is 5.71. The Bertz CT molecular complexity index is 1230. The summed E-state index contributed by atoms with van der Waals surface area (Å²) in [5.74, 6) is -0.741. The highest BCUT2D eigenvalue weighted by atomic mass is 16.5. The number of likely N-dealkylation sites (N-methyl/N-ethyl adjacent to an activating group) is 1. The number of ether oxygens (including phenoxy) is 1. The fraction of sp³-hybridized carbons (Fsp3) is 0.348. The fourth-order valence-electron chi connectivity index (χ4n) is 3.98. The summed E-state index contributed by atoms with van der Waals surface area (Å²) < 4.78 is 6.98. The number of fused-ring (bicyclic) bond motifs is 2. The molecule has 0 atom stereocenters. The minimum absolute atomic E-state index is 0.00503. The van der Waals surface area contributed by atoms with Crippen LogP contribution in [0.15, 0.2) is 24.3 Å². The quantitative estimate of drug-likeness (QED) is 0.449. The van der Waals surface area contributed by atoms with Crippen molar-refractivity contribution in [3.8, 4) is 0 Å². The second-order valence-electron chi connectivity index (χ2n) is 7.87.